The normalized spacial score (nSPS) is 11.9. The Hall–Kier alpha value is -2.20. The van der Waals surface area contributed by atoms with E-state index in [1.54, 1.807) is 31.2 Å². The zero-order chi connectivity index (χ0) is 18.2. The largest absolute Gasteiger partial charge is 0.492 e. The van der Waals surface area contributed by atoms with E-state index in [0.717, 1.165) is 11.3 Å². The molecule has 0 fully saturated rings. The summed E-state index contributed by atoms with van der Waals surface area (Å²) in [5.41, 5.74) is 1.09. The Balaban J connectivity index is 1.78. The van der Waals surface area contributed by atoms with Crippen molar-refractivity contribution in [3.05, 3.63) is 59.1 Å². The van der Waals surface area contributed by atoms with E-state index in [1.165, 1.54) is 0 Å². The van der Waals surface area contributed by atoms with Gasteiger partial charge < -0.3 is 14.8 Å². The average Bonchev–Trinajstić information content (AvgIpc) is 2.60. The number of carbonyl (C=O) groups excluding carboxylic acids is 1. The molecule has 0 bridgehead atoms. The maximum absolute atomic E-state index is 12.2. The van der Waals surface area contributed by atoms with Gasteiger partial charge in [0.1, 0.15) is 18.1 Å². The molecule has 25 heavy (non-hydrogen) atoms. The van der Waals surface area contributed by atoms with Crippen LogP contribution in [0.4, 0.5) is 0 Å². The SMILES string of the molecule is CC(C)c1ccccc1O[C@H](C)C(=O)NCCOc1ccc(Cl)cc1. The number of benzene rings is 2. The van der Waals surface area contributed by atoms with E-state index < -0.39 is 6.10 Å². The summed E-state index contributed by atoms with van der Waals surface area (Å²) in [5.74, 6) is 1.63. The second-order valence-corrected chi connectivity index (χ2v) is 6.48. The topological polar surface area (TPSA) is 47.6 Å². The van der Waals surface area contributed by atoms with Crippen LogP contribution in [-0.4, -0.2) is 25.2 Å². The number of para-hydroxylation sites is 1. The standard InChI is InChI=1S/C20H24ClNO3/c1-14(2)18-6-4-5-7-19(18)25-15(3)20(23)22-12-13-24-17-10-8-16(21)9-11-17/h4-11,14-15H,12-13H2,1-3H3,(H,22,23)/t15-/m1/s1. The molecule has 1 N–H and O–H groups in total. The third-order valence-corrected chi connectivity index (χ3v) is 3.95. The van der Waals surface area contributed by atoms with Crippen molar-refractivity contribution < 1.29 is 14.3 Å². The maximum atomic E-state index is 12.2. The molecule has 0 spiro atoms. The third kappa shape index (κ3) is 5.98. The second-order valence-electron chi connectivity index (χ2n) is 6.05. The van der Waals surface area contributed by atoms with Crippen LogP contribution < -0.4 is 14.8 Å². The lowest BCUT2D eigenvalue weighted by atomic mass is 10.0. The molecule has 1 amide bonds. The molecule has 0 saturated heterocycles. The van der Waals surface area contributed by atoms with E-state index in [1.807, 2.05) is 24.3 Å². The van der Waals surface area contributed by atoms with Crippen molar-refractivity contribution in [3.8, 4) is 11.5 Å². The van der Waals surface area contributed by atoms with Crippen LogP contribution in [0.25, 0.3) is 0 Å². The Morgan fingerprint density at radius 3 is 2.44 bits per heavy atom. The molecule has 134 valence electrons. The van der Waals surface area contributed by atoms with Crippen molar-refractivity contribution in [3.63, 3.8) is 0 Å². The average molecular weight is 362 g/mol. The first-order valence-corrected chi connectivity index (χ1v) is 8.77. The van der Waals surface area contributed by atoms with Gasteiger partial charge in [-0.15, -0.1) is 0 Å². The van der Waals surface area contributed by atoms with Gasteiger partial charge in [0.2, 0.25) is 0 Å². The summed E-state index contributed by atoms with van der Waals surface area (Å²) < 4.78 is 11.4. The van der Waals surface area contributed by atoms with Crippen LogP contribution >= 0.6 is 11.6 Å². The fraction of sp³-hybridized carbons (Fsp3) is 0.350. The van der Waals surface area contributed by atoms with Gasteiger partial charge in [-0.2, -0.15) is 0 Å². The Morgan fingerprint density at radius 2 is 1.76 bits per heavy atom. The van der Waals surface area contributed by atoms with E-state index in [9.17, 15) is 4.79 Å². The Morgan fingerprint density at radius 1 is 1.08 bits per heavy atom. The summed E-state index contributed by atoms with van der Waals surface area (Å²) in [6.45, 7) is 6.72. The van der Waals surface area contributed by atoms with Crippen molar-refractivity contribution in [1.82, 2.24) is 5.32 Å². The number of hydrogen-bond donors (Lipinski definition) is 1. The number of halogens is 1. The van der Waals surface area contributed by atoms with Gasteiger partial charge in [0, 0.05) is 5.02 Å². The molecule has 0 aliphatic rings. The highest BCUT2D eigenvalue weighted by Crippen LogP contribution is 2.26. The van der Waals surface area contributed by atoms with Gasteiger partial charge >= 0.3 is 0 Å². The number of hydrogen-bond acceptors (Lipinski definition) is 3. The van der Waals surface area contributed by atoms with Crippen molar-refractivity contribution in [2.24, 2.45) is 0 Å². The molecule has 1 atom stereocenters. The molecule has 0 saturated carbocycles. The number of rotatable bonds is 8. The van der Waals surface area contributed by atoms with E-state index >= 15 is 0 Å². The fourth-order valence-corrected chi connectivity index (χ4v) is 2.45. The number of ether oxygens (including phenoxy) is 2. The van der Waals surface area contributed by atoms with Crippen LogP contribution in [0.2, 0.25) is 5.02 Å². The van der Waals surface area contributed by atoms with E-state index in [2.05, 4.69) is 19.2 Å². The Labute approximate surface area is 154 Å². The minimum absolute atomic E-state index is 0.168. The zero-order valence-electron chi connectivity index (χ0n) is 14.8. The van der Waals surface area contributed by atoms with E-state index in [4.69, 9.17) is 21.1 Å². The minimum atomic E-state index is -0.574. The molecule has 2 rings (SSSR count). The molecule has 2 aromatic rings. The highest BCUT2D eigenvalue weighted by atomic mass is 35.5. The van der Waals surface area contributed by atoms with Crippen LogP contribution in [0, 0.1) is 0 Å². The third-order valence-electron chi connectivity index (χ3n) is 3.70. The van der Waals surface area contributed by atoms with Gasteiger partial charge in [0.15, 0.2) is 6.10 Å². The molecule has 0 radical (unpaired) electrons. The monoisotopic (exact) mass is 361 g/mol. The summed E-state index contributed by atoms with van der Waals surface area (Å²) in [4.78, 5) is 12.2. The molecule has 0 heterocycles. The van der Waals surface area contributed by atoms with Crippen molar-refractivity contribution >= 4 is 17.5 Å². The summed E-state index contributed by atoms with van der Waals surface area (Å²) in [7, 11) is 0. The van der Waals surface area contributed by atoms with Gasteiger partial charge in [0.05, 0.1) is 6.54 Å². The molecular weight excluding hydrogens is 338 g/mol. The summed E-state index contributed by atoms with van der Waals surface area (Å²) in [5, 5.41) is 3.48. The van der Waals surface area contributed by atoms with Gasteiger partial charge in [0.25, 0.3) is 5.91 Å². The highest BCUT2D eigenvalue weighted by molar-refractivity contribution is 6.30. The first kappa shape index (κ1) is 19.1. The smallest absolute Gasteiger partial charge is 0.260 e. The van der Waals surface area contributed by atoms with Crippen LogP contribution in [0.1, 0.15) is 32.3 Å². The van der Waals surface area contributed by atoms with Gasteiger partial charge in [-0.3, -0.25) is 4.79 Å². The molecule has 0 unspecified atom stereocenters. The fourth-order valence-electron chi connectivity index (χ4n) is 2.33. The van der Waals surface area contributed by atoms with Gasteiger partial charge in [-0.1, -0.05) is 43.6 Å². The lowest BCUT2D eigenvalue weighted by Gasteiger charge is -2.18. The van der Waals surface area contributed by atoms with E-state index in [0.29, 0.717) is 29.8 Å². The highest BCUT2D eigenvalue weighted by Gasteiger charge is 2.16. The van der Waals surface area contributed by atoms with E-state index in [-0.39, 0.29) is 5.91 Å². The van der Waals surface area contributed by atoms with Crippen LogP contribution in [0.15, 0.2) is 48.5 Å². The second kappa shape index (κ2) is 9.33. The zero-order valence-corrected chi connectivity index (χ0v) is 15.5. The first-order chi connectivity index (χ1) is 12.0. The Kier molecular flexibility index (Phi) is 7.14. The predicted octanol–water partition coefficient (Wildman–Crippen LogP) is 4.43. The molecule has 0 aromatic heterocycles. The van der Waals surface area contributed by atoms with Crippen LogP contribution in [0.3, 0.4) is 0 Å². The number of nitrogens with one attached hydrogen (secondary N) is 1. The molecule has 0 aliphatic heterocycles. The Bertz CT molecular complexity index is 686. The quantitative estimate of drug-likeness (QED) is 0.708. The maximum Gasteiger partial charge on any atom is 0.260 e. The number of carbonyl (C=O) groups is 1. The molecule has 5 heteroatoms. The van der Waals surface area contributed by atoms with Crippen LogP contribution in [-0.2, 0) is 4.79 Å². The van der Waals surface area contributed by atoms with Gasteiger partial charge in [-0.25, -0.2) is 0 Å². The summed E-state index contributed by atoms with van der Waals surface area (Å²) >= 11 is 5.82. The minimum Gasteiger partial charge on any atom is -0.492 e. The molecular formula is C20H24ClNO3. The lowest BCUT2D eigenvalue weighted by molar-refractivity contribution is -0.127. The summed E-state index contributed by atoms with van der Waals surface area (Å²) in [6.07, 6.45) is -0.574. The molecule has 2 aromatic carbocycles. The van der Waals surface area contributed by atoms with Gasteiger partial charge in [-0.05, 0) is 48.7 Å². The first-order valence-electron chi connectivity index (χ1n) is 8.39. The van der Waals surface area contributed by atoms with Crippen molar-refractivity contribution in [2.45, 2.75) is 32.8 Å². The predicted molar refractivity (Wildman–Crippen MR) is 101 cm³/mol. The number of amides is 1. The van der Waals surface area contributed by atoms with Crippen molar-refractivity contribution in [1.29, 1.82) is 0 Å². The molecule has 0 aliphatic carbocycles. The van der Waals surface area contributed by atoms with Crippen LogP contribution in [0.5, 0.6) is 11.5 Å². The molecule has 4 nitrogen and oxygen atoms in total. The van der Waals surface area contributed by atoms with Crippen molar-refractivity contribution in [2.75, 3.05) is 13.2 Å². The lowest BCUT2D eigenvalue weighted by Crippen LogP contribution is -2.38. The summed E-state index contributed by atoms with van der Waals surface area (Å²) in [6, 6.07) is 14.9.